The summed E-state index contributed by atoms with van der Waals surface area (Å²) in [5, 5.41) is 12.2. The van der Waals surface area contributed by atoms with Gasteiger partial charge in [0.2, 0.25) is 0 Å². The van der Waals surface area contributed by atoms with Crippen LogP contribution in [0.4, 0.5) is 0 Å². The second kappa shape index (κ2) is 7.67. The van der Waals surface area contributed by atoms with Crippen molar-refractivity contribution in [1.29, 1.82) is 0 Å². The van der Waals surface area contributed by atoms with Gasteiger partial charge in [-0.2, -0.15) is 0 Å². The first-order valence-corrected chi connectivity index (χ1v) is 6.24. The zero-order chi connectivity index (χ0) is 13.4. The van der Waals surface area contributed by atoms with Gasteiger partial charge >= 0.3 is 0 Å². The van der Waals surface area contributed by atoms with Crippen molar-refractivity contribution in [3.63, 3.8) is 0 Å². The van der Waals surface area contributed by atoms with Crippen molar-refractivity contribution < 1.29 is 5.11 Å². The lowest BCUT2D eigenvalue weighted by Gasteiger charge is -2.10. The van der Waals surface area contributed by atoms with Crippen molar-refractivity contribution in [2.45, 2.75) is 33.2 Å². The van der Waals surface area contributed by atoms with Crippen LogP contribution >= 0.6 is 0 Å². The third-order valence-electron chi connectivity index (χ3n) is 2.87. The van der Waals surface area contributed by atoms with Crippen molar-refractivity contribution in [1.82, 2.24) is 5.32 Å². The van der Waals surface area contributed by atoms with Crippen LogP contribution in [-0.4, -0.2) is 18.4 Å². The molecular formula is C15H22N2O. The third-order valence-corrected chi connectivity index (χ3v) is 2.87. The van der Waals surface area contributed by atoms with Crippen LogP contribution < -0.4 is 5.32 Å². The molecule has 0 aliphatic rings. The molecule has 98 valence electrons. The molecule has 1 rings (SSSR count). The molecule has 0 radical (unpaired) electrons. The van der Waals surface area contributed by atoms with Gasteiger partial charge in [-0.1, -0.05) is 29.8 Å². The fraction of sp³-hybridized carbons (Fsp3) is 0.400. The van der Waals surface area contributed by atoms with E-state index >= 15 is 0 Å². The molecule has 0 aliphatic carbocycles. The summed E-state index contributed by atoms with van der Waals surface area (Å²) < 4.78 is 0. The minimum absolute atomic E-state index is 0.185. The Labute approximate surface area is 109 Å². The number of benzene rings is 1. The number of allylic oxidation sites excluding steroid dienone is 2. The Hall–Kier alpha value is -1.61. The molecule has 18 heavy (non-hydrogen) atoms. The Balaban J connectivity index is 2.57. The number of aliphatic imine (C=N–C) groups is 1. The number of aliphatic hydroxyl groups is 1. The van der Waals surface area contributed by atoms with Gasteiger partial charge in [-0.3, -0.25) is 4.99 Å². The van der Waals surface area contributed by atoms with Crippen LogP contribution in [0.25, 0.3) is 0 Å². The maximum absolute atomic E-state index is 8.82. The highest BCUT2D eigenvalue weighted by Crippen LogP contribution is 2.11. The minimum atomic E-state index is 0.185. The Morgan fingerprint density at radius 1 is 1.33 bits per heavy atom. The van der Waals surface area contributed by atoms with E-state index < -0.39 is 0 Å². The quantitative estimate of drug-likeness (QED) is 0.727. The molecule has 0 aliphatic heterocycles. The summed E-state index contributed by atoms with van der Waals surface area (Å²) in [7, 11) is 0. The van der Waals surface area contributed by atoms with Crippen LogP contribution in [0.2, 0.25) is 0 Å². The van der Waals surface area contributed by atoms with Gasteiger partial charge in [-0.15, -0.1) is 0 Å². The summed E-state index contributed by atoms with van der Waals surface area (Å²) >= 11 is 0. The van der Waals surface area contributed by atoms with E-state index in [4.69, 9.17) is 5.11 Å². The van der Waals surface area contributed by atoms with Crippen molar-refractivity contribution in [3.05, 3.63) is 46.8 Å². The van der Waals surface area contributed by atoms with Crippen LogP contribution in [-0.2, 0) is 6.54 Å². The van der Waals surface area contributed by atoms with Crippen LogP contribution in [0, 0.1) is 6.92 Å². The average Bonchev–Trinajstić information content (AvgIpc) is 2.39. The van der Waals surface area contributed by atoms with Gasteiger partial charge in [0.15, 0.2) is 0 Å². The van der Waals surface area contributed by atoms with Gasteiger partial charge in [0.1, 0.15) is 0 Å². The lowest BCUT2D eigenvalue weighted by molar-refractivity contribution is 0.288. The fourth-order valence-corrected chi connectivity index (χ4v) is 1.67. The number of nitrogens with one attached hydrogen (secondary N) is 1. The van der Waals surface area contributed by atoms with E-state index in [-0.39, 0.29) is 6.61 Å². The average molecular weight is 246 g/mol. The Morgan fingerprint density at radius 2 is 2.00 bits per heavy atom. The van der Waals surface area contributed by atoms with Crippen molar-refractivity contribution in [2.75, 3.05) is 6.61 Å². The summed E-state index contributed by atoms with van der Waals surface area (Å²) in [6.07, 6.45) is 1.48. The molecule has 1 aromatic rings. The number of aliphatic hydroxyl groups excluding tert-OH is 1. The first-order valence-electron chi connectivity index (χ1n) is 6.24. The fourth-order valence-electron chi connectivity index (χ4n) is 1.67. The molecule has 0 spiro atoms. The standard InChI is InChI=1S/C15H22N2O/c1-12-6-8-14(9-7-12)11-17-13(2)15(16-3)5-4-10-18/h6-9,17-18H,3-5,10-11H2,1-2H3/b15-13-. The second-order valence-electron chi connectivity index (χ2n) is 4.40. The van der Waals surface area contributed by atoms with E-state index in [9.17, 15) is 0 Å². The lowest BCUT2D eigenvalue weighted by atomic mass is 10.1. The molecule has 0 atom stereocenters. The summed E-state index contributed by atoms with van der Waals surface area (Å²) in [5.74, 6) is 0. The molecule has 3 heteroatoms. The highest BCUT2D eigenvalue weighted by atomic mass is 16.2. The van der Waals surface area contributed by atoms with E-state index in [1.807, 2.05) is 6.92 Å². The molecule has 0 unspecified atom stereocenters. The monoisotopic (exact) mass is 246 g/mol. The number of nitrogens with zero attached hydrogens (tertiary/aromatic N) is 1. The van der Waals surface area contributed by atoms with E-state index in [1.54, 1.807) is 0 Å². The first kappa shape index (κ1) is 14.5. The maximum Gasteiger partial charge on any atom is 0.0583 e. The third kappa shape index (κ3) is 4.72. The summed E-state index contributed by atoms with van der Waals surface area (Å²) in [4.78, 5) is 4.01. The predicted molar refractivity (Wildman–Crippen MR) is 76.6 cm³/mol. The topological polar surface area (TPSA) is 44.6 Å². The molecule has 0 heterocycles. The van der Waals surface area contributed by atoms with E-state index in [0.29, 0.717) is 0 Å². The first-order chi connectivity index (χ1) is 8.67. The number of hydrogen-bond acceptors (Lipinski definition) is 3. The highest BCUT2D eigenvalue weighted by molar-refractivity contribution is 5.30. The SMILES string of the molecule is C=N/C(CCCO)=C(/C)NCc1ccc(C)cc1. The molecule has 0 bridgehead atoms. The Morgan fingerprint density at radius 3 is 2.56 bits per heavy atom. The summed E-state index contributed by atoms with van der Waals surface area (Å²) in [6.45, 7) is 8.61. The predicted octanol–water partition coefficient (Wildman–Crippen LogP) is 2.79. The van der Waals surface area contributed by atoms with Gasteiger partial charge in [0.05, 0.1) is 5.70 Å². The Bertz CT molecular complexity index is 407. The van der Waals surface area contributed by atoms with Crippen molar-refractivity contribution in [2.24, 2.45) is 4.99 Å². The van der Waals surface area contributed by atoms with Crippen molar-refractivity contribution in [3.8, 4) is 0 Å². The summed E-state index contributed by atoms with van der Waals surface area (Å²) in [5.41, 5.74) is 4.46. The van der Waals surface area contributed by atoms with E-state index in [2.05, 4.69) is 48.2 Å². The highest BCUT2D eigenvalue weighted by Gasteiger charge is 2.00. The van der Waals surface area contributed by atoms with Crippen LogP contribution in [0.1, 0.15) is 30.9 Å². The molecule has 3 nitrogen and oxygen atoms in total. The van der Waals surface area contributed by atoms with Crippen molar-refractivity contribution >= 4 is 6.72 Å². The lowest BCUT2D eigenvalue weighted by Crippen LogP contribution is -2.12. The zero-order valence-electron chi connectivity index (χ0n) is 11.2. The number of rotatable bonds is 7. The van der Waals surface area contributed by atoms with Crippen LogP contribution in [0.15, 0.2) is 40.7 Å². The van der Waals surface area contributed by atoms with E-state index in [0.717, 1.165) is 30.8 Å². The van der Waals surface area contributed by atoms with Crippen LogP contribution in [0.5, 0.6) is 0 Å². The Kier molecular flexibility index (Phi) is 6.15. The second-order valence-corrected chi connectivity index (χ2v) is 4.40. The van der Waals surface area contributed by atoms with Gasteiger partial charge in [-0.25, -0.2) is 0 Å². The largest absolute Gasteiger partial charge is 0.396 e. The molecule has 0 aromatic heterocycles. The number of hydrogen-bond donors (Lipinski definition) is 2. The molecule has 0 amide bonds. The maximum atomic E-state index is 8.82. The molecular weight excluding hydrogens is 224 g/mol. The zero-order valence-corrected chi connectivity index (χ0v) is 11.2. The van der Waals surface area contributed by atoms with Gasteiger partial charge < -0.3 is 10.4 Å². The molecule has 2 N–H and O–H groups in total. The number of aryl methyl sites for hydroxylation is 1. The molecule has 1 aromatic carbocycles. The van der Waals surface area contributed by atoms with Crippen LogP contribution in [0.3, 0.4) is 0 Å². The minimum Gasteiger partial charge on any atom is -0.396 e. The smallest absolute Gasteiger partial charge is 0.0583 e. The molecule has 0 fully saturated rings. The van der Waals surface area contributed by atoms with Gasteiger partial charge in [0, 0.05) is 18.8 Å². The van der Waals surface area contributed by atoms with Gasteiger partial charge in [0.25, 0.3) is 0 Å². The van der Waals surface area contributed by atoms with Gasteiger partial charge in [-0.05, 0) is 39.0 Å². The van der Waals surface area contributed by atoms with E-state index in [1.165, 1.54) is 11.1 Å². The normalized spacial score (nSPS) is 11.9. The molecule has 0 saturated carbocycles. The summed E-state index contributed by atoms with van der Waals surface area (Å²) in [6, 6.07) is 8.44. The molecule has 0 saturated heterocycles.